The van der Waals surface area contributed by atoms with Crippen molar-refractivity contribution in [2.24, 2.45) is 10.2 Å². The largest absolute Gasteiger partial charge is 1.00 e. The number of anilines is 1. The molecule has 0 aliphatic rings. The number of hydrogen-bond donors (Lipinski definition) is 2. The van der Waals surface area contributed by atoms with Gasteiger partial charge in [0, 0.05) is 21.1 Å². The van der Waals surface area contributed by atoms with Crippen LogP contribution < -0.4 is 91.3 Å². The summed E-state index contributed by atoms with van der Waals surface area (Å²) in [6.07, 6.45) is -0.644. The van der Waals surface area contributed by atoms with E-state index in [1.54, 1.807) is 0 Å². The number of carbonyl (C=O) groups excluding carboxylic acids is 2. The third-order valence-corrected chi connectivity index (χ3v) is 9.02. The van der Waals surface area contributed by atoms with Crippen molar-refractivity contribution in [3.05, 3.63) is 48.5 Å². The molecule has 244 valence electrons. The van der Waals surface area contributed by atoms with E-state index in [0.717, 1.165) is 31.2 Å². The molecule has 0 saturated heterocycles. The van der Waals surface area contributed by atoms with Crippen molar-refractivity contribution in [2.75, 3.05) is 5.32 Å². The first-order valence-corrected chi connectivity index (χ1v) is 16.2. The summed E-state index contributed by atoms with van der Waals surface area (Å²) >= 11 is 0.501. The molecule has 4 aromatic rings. The number of hydrogen-bond acceptors (Lipinski definition) is 19. The zero-order valence-corrected chi connectivity index (χ0v) is 29.8. The average Bonchev–Trinajstić information content (AvgIpc) is 2.96. The van der Waals surface area contributed by atoms with Crippen LogP contribution in [0.5, 0.6) is 5.75 Å². The molecule has 1 amide bonds. The molecule has 0 aliphatic carbocycles. The maximum absolute atomic E-state index is 12.3. The van der Waals surface area contributed by atoms with Crippen molar-refractivity contribution in [1.29, 1.82) is 0 Å². The molecular formula is C24H15Li4N3O15S4. The normalized spacial score (nSPS) is 11.3. The van der Waals surface area contributed by atoms with E-state index >= 15 is 0 Å². The van der Waals surface area contributed by atoms with Crippen LogP contribution in [0.3, 0.4) is 0 Å². The Bertz CT molecular complexity index is 2130. The minimum Gasteiger partial charge on any atom is -0.744 e. The standard InChI is InChI=1S/C24H19N3O15S4.4Li/c1-11(28)9-20(29)25-16-7-6-13-15(24(16)46(36,37)38)10-19(44-42-40-32)21(22(13)30)27-26-17-8-5-12-14(23(17)45(33,34)35)3-2-4-18(12)43-41-39-31;;;;/h2-8,10,30-32H,9H2,1H3,(H,25,29)(H,33,34,35)(H,36,37,38);;;;/q;4*+1/p-4. The number of rotatable bonds is 13. The van der Waals surface area contributed by atoms with Crippen molar-refractivity contribution in [2.45, 2.75) is 32.9 Å². The molecule has 0 atom stereocenters. The van der Waals surface area contributed by atoms with Crippen LogP contribution in [0, 0.1) is 0 Å². The van der Waals surface area contributed by atoms with Gasteiger partial charge in [0.25, 0.3) is 0 Å². The number of phenols is 1. The van der Waals surface area contributed by atoms with Gasteiger partial charge in [-0.05, 0) is 42.6 Å². The van der Waals surface area contributed by atoms with Gasteiger partial charge in [-0.1, -0.05) is 18.2 Å². The smallest absolute Gasteiger partial charge is 0.744 e. The summed E-state index contributed by atoms with van der Waals surface area (Å²) < 4.78 is 82.4. The predicted molar refractivity (Wildman–Crippen MR) is 150 cm³/mol. The van der Waals surface area contributed by atoms with Crippen molar-refractivity contribution >= 4 is 94.6 Å². The van der Waals surface area contributed by atoms with Gasteiger partial charge in [-0.25, -0.2) is 16.8 Å². The van der Waals surface area contributed by atoms with E-state index in [2.05, 4.69) is 34.3 Å². The number of nitrogens with one attached hydrogen (secondary N) is 1. The predicted octanol–water partition coefficient (Wildman–Crippen LogP) is -9.68. The van der Waals surface area contributed by atoms with Crippen LogP contribution in [0.1, 0.15) is 13.3 Å². The van der Waals surface area contributed by atoms with Gasteiger partial charge in [-0.3, -0.25) is 19.7 Å². The van der Waals surface area contributed by atoms with Crippen molar-refractivity contribution in [3.63, 3.8) is 0 Å². The first-order chi connectivity index (χ1) is 21.7. The van der Waals surface area contributed by atoms with Gasteiger partial charge in [0.1, 0.15) is 37.4 Å². The molecular weight excluding hydrogens is 726 g/mol. The number of nitrogens with zero attached hydrogens (tertiary/aromatic N) is 2. The van der Waals surface area contributed by atoms with Crippen LogP contribution in [0.2, 0.25) is 0 Å². The van der Waals surface area contributed by atoms with E-state index in [4.69, 9.17) is 0 Å². The summed E-state index contributed by atoms with van der Waals surface area (Å²) in [5, 5.41) is 47.4. The molecule has 0 aliphatic heterocycles. The third-order valence-electron chi connectivity index (χ3n) is 5.88. The van der Waals surface area contributed by atoms with Crippen LogP contribution in [-0.4, -0.2) is 42.7 Å². The van der Waals surface area contributed by atoms with Crippen LogP contribution in [0.4, 0.5) is 17.1 Å². The van der Waals surface area contributed by atoms with Crippen molar-refractivity contribution in [1.82, 2.24) is 0 Å². The number of azo groups is 1. The maximum Gasteiger partial charge on any atom is 1.00 e. The number of aromatic hydroxyl groups is 1. The van der Waals surface area contributed by atoms with E-state index in [0.29, 0.717) is 12.0 Å². The molecule has 0 saturated carbocycles. The Kier molecular flexibility index (Phi) is 20.2. The minimum atomic E-state index is -5.40. The first kappa shape index (κ1) is 48.6. The zero-order chi connectivity index (χ0) is 33.8. The molecule has 0 heterocycles. The molecule has 18 nitrogen and oxygen atoms in total. The maximum atomic E-state index is 12.3. The second kappa shape index (κ2) is 20.7. The van der Waals surface area contributed by atoms with E-state index in [1.165, 1.54) is 24.3 Å². The summed E-state index contributed by atoms with van der Waals surface area (Å²) in [6, 6.07) is 9.36. The van der Waals surface area contributed by atoms with Crippen molar-refractivity contribution in [3.8, 4) is 5.75 Å². The van der Waals surface area contributed by atoms with Crippen LogP contribution in [0.15, 0.2) is 78.3 Å². The Hall–Kier alpha value is -1.39. The topological polar surface area (TPSA) is 289 Å². The zero-order valence-electron chi connectivity index (χ0n) is 26.5. The van der Waals surface area contributed by atoms with Gasteiger partial charge in [0.2, 0.25) is 5.91 Å². The van der Waals surface area contributed by atoms with E-state index in [1.807, 2.05) is 0 Å². The van der Waals surface area contributed by atoms with Gasteiger partial charge in [0.15, 0.2) is 5.75 Å². The summed E-state index contributed by atoms with van der Waals surface area (Å²) in [6.45, 7) is 1.10. The third kappa shape index (κ3) is 11.6. The monoisotopic (exact) mass is 741 g/mol. The molecule has 50 heavy (non-hydrogen) atoms. The molecule has 4 rings (SSSR count). The molecule has 0 bridgehead atoms. The van der Waals surface area contributed by atoms with Crippen LogP contribution in [0.25, 0.3) is 21.5 Å². The van der Waals surface area contributed by atoms with Gasteiger partial charge in [-0.15, -0.1) is 10.2 Å². The molecule has 0 aromatic heterocycles. The van der Waals surface area contributed by atoms with Gasteiger partial charge in [-0.2, -0.15) is 8.67 Å². The molecule has 26 heteroatoms. The average molecular weight is 741 g/mol. The van der Waals surface area contributed by atoms with Gasteiger partial charge >= 0.3 is 75.4 Å². The van der Waals surface area contributed by atoms with Crippen LogP contribution in [-0.2, 0) is 48.6 Å². The molecule has 2 N–H and O–H groups in total. The quantitative estimate of drug-likeness (QED) is 0.0245. The second-order valence-corrected chi connectivity index (χ2v) is 13.0. The number of fused-ring (bicyclic) bond motifs is 2. The van der Waals surface area contributed by atoms with Gasteiger partial charge in [0.05, 0.1) is 50.9 Å². The summed E-state index contributed by atoms with van der Waals surface area (Å²) in [5.41, 5.74) is -1.64. The molecule has 0 spiro atoms. The number of amides is 1. The number of ketones is 1. The Morgan fingerprint density at radius 2 is 1.36 bits per heavy atom. The first-order valence-electron chi connectivity index (χ1n) is 11.9. The Balaban J connectivity index is 0.00000600. The Morgan fingerprint density at radius 3 is 1.92 bits per heavy atom. The summed E-state index contributed by atoms with van der Waals surface area (Å²) in [7, 11) is -10.7. The fraction of sp³-hybridized carbons (Fsp3) is 0.0833. The summed E-state index contributed by atoms with van der Waals surface area (Å²) in [4.78, 5) is 21.3. The fourth-order valence-electron chi connectivity index (χ4n) is 4.25. The Labute approximate surface area is 339 Å². The molecule has 0 fully saturated rings. The Morgan fingerprint density at radius 1 is 0.780 bits per heavy atom. The fourth-order valence-corrected chi connectivity index (χ4v) is 6.88. The van der Waals surface area contributed by atoms with Crippen LogP contribution >= 0.6 is 24.1 Å². The molecule has 0 radical (unpaired) electrons. The summed E-state index contributed by atoms with van der Waals surface area (Å²) in [5.74, 6) is -2.38. The van der Waals surface area contributed by atoms with E-state index < -0.39 is 81.2 Å². The SMILES string of the molecule is CC(=O)CC(=O)Nc1ccc2c(O)c(N=Nc3ccc4c(SOO[O-])cccc4c3S(=O)(=O)[O-])c(SOO[O-])cc2c1S(=O)(=O)[O-].[Li+].[Li+].[Li+].[Li+]. The molecule has 4 aromatic carbocycles. The number of carbonyl (C=O) groups is 2. The van der Waals surface area contributed by atoms with Crippen molar-refractivity contribution < 1.29 is 145 Å². The molecule has 0 unspecified atom stereocenters. The number of Topliss-reactive ketones (excluding diaryl/α,β-unsaturated/α-hetero) is 1. The van der Waals surface area contributed by atoms with Gasteiger partial charge < -0.3 is 30.0 Å². The van der Waals surface area contributed by atoms with E-state index in [9.17, 15) is 51.2 Å². The number of phenolic OH excluding ortho intramolecular Hbond substituents is 1. The second-order valence-electron chi connectivity index (χ2n) is 8.85. The minimum absolute atomic E-state index is 0. The number of benzene rings is 4. The van der Waals surface area contributed by atoms with E-state index in [-0.39, 0.29) is 109 Å².